The minimum atomic E-state index is -2.53. The van der Waals surface area contributed by atoms with Crippen LogP contribution >= 0.6 is 11.8 Å². The van der Waals surface area contributed by atoms with Crippen LogP contribution in [-0.4, -0.2) is 22.9 Å². The van der Waals surface area contributed by atoms with E-state index < -0.39 is 17.8 Å². The van der Waals surface area contributed by atoms with E-state index in [1.165, 1.54) is 6.07 Å². The van der Waals surface area contributed by atoms with Crippen LogP contribution < -0.4 is 5.32 Å². The van der Waals surface area contributed by atoms with Crippen molar-refractivity contribution in [3.63, 3.8) is 0 Å². The van der Waals surface area contributed by atoms with Gasteiger partial charge in [0.2, 0.25) is 0 Å². The lowest BCUT2D eigenvalue weighted by Gasteiger charge is -2.16. The van der Waals surface area contributed by atoms with Crippen molar-refractivity contribution in [2.75, 3.05) is 5.32 Å². The zero-order valence-corrected chi connectivity index (χ0v) is 10.0. The highest BCUT2D eigenvalue weighted by molar-refractivity contribution is 7.99. The summed E-state index contributed by atoms with van der Waals surface area (Å²) < 4.78 is 24.6. The van der Waals surface area contributed by atoms with Crippen LogP contribution in [0.1, 0.15) is 13.3 Å². The zero-order chi connectivity index (χ0) is 12.8. The van der Waals surface area contributed by atoms with Gasteiger partial charge in [0.05, 0.1) is 0 Å². The van der Waals surface area contributed by atoms with Crippen molar-refractivity contribution in [3.05, 3.63) is 24.3 Å². The van der Waals surface area contributed by atoms with Crippen molar-refractivity contribution in [1.29, 1.82) is 0 Å². The number of aliphatic carboxylic acids is 1. The molecule has 1 aromatic carbocycles. The third kappa shape index (κ3) is 4.22. The monoisotopic (exact) mass is 261 g/mol. The number of carboxylic acid groups (broad SMARTS) is 1. The number of halogens is 2. The first-order valence-corrected chi connectivity index (χ1v) is 5.95. The lowest BCUT2D eigenvalue weighted by molar-refractivity contribution is -0.137. The molecule has 1 rings (SSSR count). The van der Waals surface area contributed by atoms with E-state index in [0.29, 0.717) is 28.8 Å². The standard InChI is InChI=1S/C11H13F2NO2S/c1-2-7(10(15)16)14-8-5-3-4-6-9(8)17-11(12)13/h3-7,11,14H,2H2,1H3,(H,15,16). The van der Waals surface area contributed by atoms with Crippen molar-refractivity contribution < 1.29 is 18.7 Å². The van der Waals surface area contributed by atoms with Gasteiger partial charge in [-0.15, -0.1) is 0 Å². The Morgan fingerprint density at radius 1 is 1.47 bits per heavy atom. The van der Waals surface area contributed by atoms with Crippen LogP contribution in [0.15, 0.2) is 29.2 Å². The number of benzene rings is 1. The summed E-state index contributed by atoms with van der Waals surface area (Å²) in [5.41, 5.74) is 0.423. The molecule has 0 saturated carbocycles. The molecule has 0 bridgehead atoms. The fourth-order valence-electron chi connectivity index (χ4n) is 1.31. The molecule has 1 aromatic rings. The molecule has 2 N–H and O–H groups in total. The third-order valence-electron chi connectivity index (χ3n) is 2.14. The lowest BCUT2D eigenvalue weighted by atomic mass is 10.2. The Morgan fingerprint density at radius 3 is 2.65 bits per heavy atom. The fraction of sp³-hybridized carbons (Fsp3) is 0.364. The van der Waals surface area contributed by atoms with Crippen LogP contribution in [0.5, 0.6) is 0 Å². The first-order chi connectivity index (χ1) is 8.04. The summed E-state index contributed by atoms with van der Waals surface area (Å²) >= 11 is 0.400. The molecule has 1 atom stereocenters. The number of nitrogens with one attached hydrogen (secondary N) is 1. The number of para-hydroxylation sites is 1. The van der Waals surface area contributed by atoms with Crippen LogP contribution in [0.3, 0.4) is 0 Å². The highest BCUT2D eigenvalue weighted by atomic mass is 32.2. The quantitative estimate of drug-likeness (QED) is 0.772. The van der Waals surface area contributed by atoms with Crippen LogP contribution in [-0.2, 0) is 4.79 Å². The average molecular weight is 261 g/mol. The van der Waals surface area contributed by atoms with Crippen LogP contribution in [0.2, 0.25) is 0 Å². The minimum absolute atomic E-state index is 0.349. The molecule has 6 heteroatoms. The summed E-state index contributed by atoms with van der Waals surface area (Å²) in [5, 5.41) is 11.6. The van der Waals surface area contributed by atoms with Gasteiger partial charge in [0.1, 0.15) is 6.04 Å². The largest absolute Gasteiger partial charge is 0.480 e. The molecule has 0 amide bonds. The third-order valence-corrected chi connectivity index (χ3v) is 2.93. The fourth-order valence-corrected chi connectivity index (χ4v) is 1.91. The number of carboxylic acids is 1. The van der Waals surface area contributed by atoms with Gasteiger partial charge in [0.15, 0.2) is 0 Å². The molecular formula is C11H13F2NO2S. The Bertz CT molecular complexity index is 387. The number of alkyl halides is 2. The Balaban J connectivity index is 2.85. The van der Waals surface area contributed by atoms with Gasteiger partial charge in [-0.1, -0.05) is 30.8 Å². The summed E-state index contributed by atoms with van der Waals surface area (Å²) in [6.45, 7) is 1.72. The van der Waals surface area contributed by atoms with E-state index in [1.807, 2.05) is 0 Å². The maximum atomic E-state index is 12.3. The number of rotatable bonds is 6. The maximum Gasteiger partial charge on any atom is 0.326 e. The summed E-state index contributed by atoms with van der Waals surface area (Å²) in [6.07, 6.45) is 0.378. The van der Waals surface area contributed by atoms with E-state index in [4.69, 9.17) is 5.11 Å². The lowest BCUT2D eigenvalue weighted by Crippen LogP contribution is -2.28. The molecule has 94 valence electrons. The van der Waals surface area contributed by atoms with Crippen LogP contribution in [0, 0.1) is 0 Å². The summed E-state index contributed by atoms with van der Waals surface area (Å²) in [7, 11) is 0. The molecule has 0 aliphatic heterocycles. The number of hydrogen-bond donors (Lipinski definition) is 2. The van der Waals surface area contributed by atoms with Crippen molar-refractivity contribution >= 4 is 23.4 Å². The van der Waals surface area contributed by atoms with Crippen LogP contribution in [0.25, 0.3) is 0 Å². The van der Waals surface area contributed by atoms with Gasteiger partial charge in [-0.25, -0.2) is 4.79 Å². The molecule has 0 aliphatic carbocycles. The molecule has 0 radical (unpaired) electrons. The first kappa shape index (κ1) is 13.8. The predicted molar refractivity (Wildman–Crippen MR) is 63.6 cm³/mol. The molecular weight excluding hydrogens is 248 g/mol. The van der Waals surface area contributed by atoms with Crippen molar-refractivity contribution in [1.82, 2.24) is 0 Å². The van der Waals surface area contributed by atoms with Gasteiger partial charge >= 0.3 is 5.97 Å². The second-order valence-electron chi connectivity index (χ2n) is 3.32. The van der Waals surface area contributed by atoms with E-state index in [2.05, 4.69) is 5.32 Å². The van der Waals surface area contributed by atoms with Crippen molar-refractivity contribution in [2.24, 2.45) is 0 Å². The van der Waals surface area contributed by atoms with E-state index in [1.54, 1.807) is 25.1 Å². The molecule has 1 unspecified atom stereocenters. The van der Waals surface area contributed by atoms with E-state index in [0.717, 1.165) is 0 Å². The van der Waals surface area contributed by atoms with E-state index >= 15 is 0 Å². The summed E-state index contributed by atoms with van der Waals surface area (Å²) in [5.74, 6) is -3.52. The minimum Gasteiger partial charge on any atom is -0.480 e. The second kappa shape index (κ2) is 6.44. The summed E-state index contributed by atoms with van der Waals surface area (Å²) in [4.78, 5) is 11.2. The Hall–Kier alpha value is -1.30. The van der Waals surface area contributed by atoms with Gasteiger partial charge in [0, 0.05) is 10.6 Å². The molecule has 17 heavy (non-hydrogen) atoms. The normalized spacial score (nSPS) is 12.5. The van der Waals surface area contributed by atoms with Gasteiger partial charge in [-0.05, 0) is 18.6 Å². The van der Waals surface area contributed by atoms with Gasteiger partial charge < -0.3 is 10.4 Å². The molecule has 0 fully saturated rings. The van der Waals surface area contributed by atoms with Crippen LogP contribution in [0.4, 0.5) is 14.5 Å². The van der Waals surface area contributed by atoms with E-state index in [9.17, 15) is 13.6 Å². The highest BCUT2D eigenvalue weighted by Gasteiger charge is 2.17. The van der Waals surface area contributed by atoms with Gasteiger partial charge in [0.25, 0.3) is 5.76 Å². The Morgan fingerprint density at radius 2 is 2.12 bits per heavy atom. The number of hydrogen-bond acceptors (Lipinski definition) is 3. The average Bonchev–Trinajstić information content (AvgIpc) is 2.26. The second-order valence-corrected chi connectivity index (χ2v) is 4.35. The number of anilines is 1. The SMILES string of the molecule is CCC(Nc1ccccc1SC(F)F)C(=O)O. The molecule has 0 aliphatic rings. The topological polar surface area (TPSA) is 49.3 Å². The smallest absolute Gasteiger partial charge is 0.326 e. The molecule has 0 spiro atoms. The number of thioether (sulfide) groups is 1. The zero-order valence-electron chi connectivity index (χ0n) is 9.19. The highest BCUT2D eigenvalue weighted by Crippen LogP contribution is 2.32. The van der Waals surface area contributed by atoms with Crippen molar-refractivity contribution in [2.45, 2.75) is 30.0 Å². The maximum absolute atomic E-state index is 12.3. The molecule has 0 heterocycles. The molecule has 0 aromatic heterocycles. The predicted octanol–water partition coefficient (Wildman–Crippen LogP) is 3.28. The number of carbonyl (C=O) groups is 1. The Labute approximate surface area is 102 Å². The van der Waals surface area contributed by atoms with Crippen molar-refractivity contribution in [3.8, 4) is 0 Å². The van der Waals surface area contributed by atoms with Gasteiger partial charge in [-0.3, -0.25) is 0 Å². The summed E-state index contributed by atoms with van der Waals surface area (Å²) in [6, 6.07) is 5.67. The molecule has 0 saturated heterocycles. The van der Waals surface area contributed by atoms with Gasteiger partial charge in [-0.2, -0.15) is 8.78 Å². The van der Waals surface area contributed by atoms with E-state index in [-0.39, 0.29) is 0 Å². The first-order valence-electron chi connectivity index (χ1n) is 5.07. The Kier molecular flexibility index (Phi) is 5.21. The molecule has 3 nitrogen and oxygen atoms in total.